The molecule has 1 aliphatic heterocycles. The van der Waals surface area contributed by atoms with Gasteiger partial charge in [0.15, 0.2) is 0 Å². The fourth-order valence-corrected chi connectivity index (χ4v) is 1.20. The zero-order valence-electron chi connectivity index (χ0n) is 6.41. The molecule has 1 aromatic rings. The lowest BCUT2D eigenvalue weighted by Crippen LogP contribution is -2.19. The van der Waals surface area contributed by atoms with Crippen LogP contribution in [0, 0.1) is 0 Å². The normalized spacial score (nSPS) is 14.2. The van der Waals surface area contributed by atoms with Crippen molar-refractivity contribution in [2.45, 2.75) is 12.8 Å². The molecule has 1 aromatic heterocycles. The first-order chi connectivity index (χ1) is 5.36. The molecule has 0 saturated heterocycles. The molecule has 0 aromatic carbocycles. The maximum absolute atomic E-state index is 10.9. The second-order valence-electron chi connectivity index (χ2n) is 2.55. The SMILES string of the molecule is Cl.O=C1CCc2ncccc2N1. The standard InChI is InChI=1S/C8H8N2O.ClH/c11-8-4-3-6-7(10-8)2-1-5-9-6;/h1-2,5H,3-4H2,(H,10,11);1H. The number of hydrogen-bond donors (Lipinski definition) is 1. The van der Waals surface area contributed by atoms with Crippen LogP contribution in [-0.4, -0.2) is 10.9 Å². The van der Waals surface area contributed by atoms with Crippen LogP contribution in [0.25, 0.3) is 0 Å². The molecule has 2 heterocycles. The molecule has 0 saturated carbocycles. The summed E-state index contributed by atoms with van der Waals surface area (Å²) in [5, 5.41) is 2.76. The third-order valence-corrected chi connectivity index (χ3v) is 1.75. The summed E-state index contributed by atoms with van der Waals surface area (Å²) in [6, 6.07) is 3.70. The van der Waals surface area contributed by atoms with Gasteiger partial charge in [0.05, 0.1) is 11.4 Å². The molecule has 1 amide bonds. The maximum Gasteiger partial charge on any atom is 0.224 e. The average Bonchev–Trinajstić information content (AvgIpc) is 2.04. The zero-order valence-corrected chi connectivity index (χ0v) is 7.23. The summed E-state index contributed by atoms with van der Waals surface area (Å²) < 4.78 is 0. The third kappa shape index (κ3) is 1.56. The van der Waals surface area contributed by atoms with Crippen LogP contribution in [0.4, 0.5) is 5.69 Å². The molecule has 0 radical (unpaired) electrons. The van der Waals surface area contributed by atoms with E-state index in [2.05, 4.69) is 10.3 Å². The lowest BCUT2D eigenvalue weighted by atomic mass is 10.1. The molecule has 4 heteroatoms. The highest BCUT2D eigenvalue weighted by atomic mass is 35.5. The van der Waals surface area contributed by atoms with Crippen LogP contribution < -0.4 is 5.32 Å². The number of amides is 1. The van der Waals surface area contributed by atoms with E-state index in [1.54, 1.807) is 6.20 Å². The second-order valence-corrected chi connectivity index (χ2v) is 2.55. The van der Waals surface area contributed by atoms with Gasteiger partial charge in [-0.25, -0.2) is 0 Å². The number of hydrogen-bond acceptors (Lipinski definition) is 2. The number of aromatic nitrogens is 1. The van der Waals surface area contributed by atoms with E-state index in [1.807, 2.05) is 12.1 Å². The third-order valence-electron chi connectivity index (χ3n) is 1.75. The Kier molecular flexibility index (Phi) is 2.65. The fraction of sp³-hybridized carbons (Fsp3) is 0.250. The molecule has 0 atom stereocenters. The molecule has 0 fully saturated rings. The molecule has 0 bridgehead atoms. The largest absolute Gasteiger partial charge is 0.324 e. The number of aryl methyl sites for hydroxylation is 1. The van der Waals surface area contributed by atoms with Gasteiger partial charge in [0.25, 0.3) is 0 Å². The van der Waals surface area contributed by atoms with E-state index in [-0.39, 0.29) is 18.3 Å². The number of halogens is 1. The number of nitrogens with zero attached hydrogens (tertiary/aromatic N) is 1. The summed E-state index contributed by atoms with van der Waals surface area (Å²) in [6.07, 6.45) is 3.07. The summed E-state index contributed by atoms with van der Waals surface area (Å²) in [6.45, 7) is 0. The minimum atomic E-state index is 0. The monoisotopic (exact) mass is 184 g/mol. The highest BCUT2D eigenvalue weighted by molar-refractivity contribution is 5.93. The zero-order chi connectivity index (χ0) is 7.68. The number of anilines is 1. The van der Waals surface area contributed by atoms with E-state index >= 15 is 0 Å². The molecule has 1 aliphatic rings. The summed E-state index contributed by atoms with van der Waals surface area (Å²) in [5.74, 6) is 0.0884. The minimum Gasteiger partial charge on any atom is -0.324 e. The Morgan fingerprint density at radius 2 is 2.25 bits per heavy atom. The van der Waals surface area contributed by atoms with Gasteiger partial charge in [-0.2, -0.15) is 0 Å². The van der Waals surface area contributed by atoms with Crippen molar-refractivity contribution in [2.75, 3.05) is 5.32 Å². The predicted molar refractivity (Wildman–Crippen MR) is 48.4 cm³/mol. The van der Waals surface area contributed by atoms with E-state index in [4.69, 9.17) is 0 Å². The van der Waals surface area contributed by atoms with Crippen molar-refractivity contribution in [3.05, 3.63) is 24.0 Å². The first-order valence-corrected chi connectivity index (χ1v) is 3.60. The van der Waals surface area contributed by atoms with Gasteiger partial charge >= 0.3 is 0 Å². The lowest BCUT2D eigenvalue weighted by Gasteiger charge is -2.14. The van der Waals surface area contributed by atoms with Gasteiger partial charge in [0.2, 0.25) is 5.91 Å². The molecule has 2 rings (SSSR count). The molecule has 12 heavy (non-hydrogen) atoms. The van der Waals surface area contributed by atoms with Crippen LogP contribution in [0.15, 0.2) is 18.3 Å². The highest BCUT2D eigenvalue weighted by Gasteiger charge is 2.13. The number of nitrogens with one attached hydrogen (secondary N) is 1. The molecule has 3 nitrogen and oxygen atoms in total. The van der Waals surface area contributed by atoms with Crippen molar-refractivity contribution >= 4 is 24.0 Å². The average molecular weight is 185 g/mol. The van der Waals surface area contributed by atoms with Crippen LogP contribution in [0.2, 0.25) is 0 Å². The topological polar surface area (TPSA) is 42.0 Å². The Hall–Kier alpha value is -1.09. The second kappa shape index (κ2) is 3.54. The summed E-state index contributed by atoms with van der Waals surface area (Å²) >= 11 is 0. The first kappa shape index (κ1) is 9.00. The molecule has 0 spiro atoms. The molecule has 0 unspecified atom stereocenters. The smallest absolute Gasteiger partial charge is 0.224 e. The van der Waals surface area contributed by atoms with Crippen LogP contribution in [0.3, 0.4) is 0 Å². The lowest BCUT2D eigenvalue weighted by molar-refractivity contribution is -0.116. The van der Waals surface area contributed by atoms with Gasteiger partial charge in [0.1, 0.15) is 0 Å². The van der Waals surface area contributed by atoms with Crippen molar-refractivity contribution in [3.63, 3.8) is 0 Å². The summed E-state index contributed by atoms with van der Waals surface area (Å²) in [4.78, 5) is 15.0. The van der Waals surface area contributed by atoms with E-state index in [0.717, 1.165) is 17.8 Å². The Bertz CT molecular complexity index is 301. The number of rotatable bonds is 0. The quantitative estimate of drug-likeness (QED) is 0.662. The Balaban J connectivity index is 0.000000720. The van der Waals surface area contributed by atoms with E-state index < -0.39 is 0 Å². The Labute approximate surface area is 76.6 Å². The van der Waals surface area contributed by atoms with Gasteiger partial charge in [0, 0.05) is 19.0 Å². The van der Waals surface area contributed by atoms with Gasteiger partial charge in [-0.1, -0.05) is 0 Å². The van der Waals surface area contributed by atoms with E-state index in [0.29, 0.717) is 6.42 Å². The number of carbonyl (C=O) groups is 1. The Morgan fingerprint density at radius 1 is 1.42 bits per heavy atom. The van der Waals surface area contributed by atoms with Gasteiger partial charge in [-0.15, -0.1) is 12.4 Å². The summed E-state index contributed by atoms with van der Waals surface area (Å²) in [7, 11) is 0. The van der Waals surface area contributed by atoms with Gasteiger partial charge in [-0.3, -0.25) is 9.78 Å². The predicted octanol–water partition coefficient (Wildman–Crippen LogP) is 1.39. The van der Waals surface area contributed by atoms with Crippen molar-refractivity contribution < 1.29 is 4.79 Å². The molecule has 1 N–H and O–H groups in total. The molecular formula is C8H9ClN2O. The van der Waals surface area contributed by atoms with Crippen molar-refractivity contribution in [1.29, 1.82) is 0 Å². The van der Waals surface area contributed by atoms with E-state index in [9.17, 15) is 4.79 Å². The molecule has 0 aliphatic carbocycles. The number of fused-ring (bicyclic) bond motifs is 1. The van der Waals surface area contributed by atoms with Crippen LogP contribution >= 0.6 is 12.4 Å². The maximum atomic E-state index is 10.9. The van der Waals surface area contributed by atoms with Crippen molar-refractivity contribution in [3.8, 4) is 0 Å². The van der Waals surface area contributed by atoms with Crippen LogP contribution in [0.1, 0.15) is 12.1 Å². The fourth-order valence-electron chi connectivity index (χ4n) is 1.20. The van der Waals surface area contributed by atoms with E-state index in [1.165, 1.54) is 0 Å². The van der Waals surface area contributed by atoms with Crippen LogP contribution in [-0.2, 0) is 11.2 Å². The highest BCUT2D eigenvalue weighted by Crippen LogP contribution is 2.18. The number of pyridine rings is 1. The first-order valence-electron chi connectivity index (χ1n) is 3.60. The minimum absolute atomic E-state index is 0. The van der Waals surface area contributed by atoms with Gasteiger partial charge < -0.3 is 5.32 Å². The molecule has 64 valence electrons. The van der Waals surface area contributed by atoms with Gasteiger partial charge in [-0.05, 0) is 12.1 Å². The molecular weight excluding hydrogens is 176 g/mol. The van der Waals surface area contributed by atoms with Crippen molar-refractivity contribution in [1.82, 2.24) is 4.98 Å². The van der Waals surface area contributed by atoms with Crippen LogP contribution in [0.5, 0.6) is 0 Å². The summed E-state index contributed by atoms with van der Waals surface area (Å²) in [5.41, 5.74) is 1.86. The number of carbonyl (C=O) groups excluding carboxylic acids is 1. The Morgan fingerprint density at radius 3 is 3.08 bits per heavy atom. The van der Waals surface area contributed by atoms with Crippen molar-refractivity contribution in [2.24, 2.45) is 0 Å².